The van der Waals surface area contributed by atoms with Crippen LogP contribution in [0.5, 0.6) is 0 Å². The second-order valence-corrected chi connectivity index (χ2v) is 4.48. The van der Waals surface area contributed by atoms with E-state index in [1.54, 1.807) is 4.90 Å². The highest BCUT2D eigenvalue weighted by atomic mass is 19.1. The Balaban J connectivity index is 0.000000921. The number of halogens is 1. The van der Waals surface area contributed by atoms with Crippen LogP contribution >= 0.6 is 0 Å². The predicted octanol–water partition coefficient (Wildman–Crippen LogP) is 3.02. The molecule has 0 radical (unpaired) electrons. The summed E-state index contributed by atoms with van der Waals surface area (Å²) >= 11 is 0. The van der Waals surface area contributed by atoms with E-state index in [1.165, 1.54) is 13.8 Å². The number of carbonyl (C=O) groups excluding carboxylic acids is 1. The van der Waals surface area contributed by atoms with Gasteiger partial charge in [-0.3, -0.25) is 4.79 Å². The first-order valence-corrected chi connectivity index (χ1v) is 5.84. The number of amides is 1. The summed E-state index contributed by atoms with van der Waals surface area (Å²) in [5.41, 5.74) is -1.72. The van der Waals surface area contributed by atoms with Crippen LogP contribution in [0.4, 0.5) is 4.39 Å². The third-order valence-corrected chi connectivity index (χ3v) is 2.91. The SMILES string of the molecule is CC.CC1CCN(C(=O)C(C)(C)F)C1C. The Morgan fingerprint density at radius 3 is 2.07 bits per heavy atom. The van der Waals surface area contributed by atoms with Crippen LogP contribution in [0, 0.1) is 5.92 Å². The average Bonchev–Trinajstić information content (AvgIpc) is 2.48. The second kappa shape index (κ2) is 5.47. The fourth-order valence-electron chi connectivity index (χ4n) is 1.72. The summed E-state index contributed by atoms with van der Waals surface area (Å²) in [6.45, 7) is 11.4. The Labute approximate surface area is 92.8 Å². The molecule has 90 valence electrons. The fourth-order valence-corrected chi connectivity index (χ4v) is 1.72. The van der Waals surface area contributed by atoms with Gasteiger partial charge in [0, 0.05) is 12.6 Å². The van der Waals surface area contributed by atoms with Crippen molar-refractivity contribution >= 4 is 5.91 Å². The Morgan fingerprint density at radius 1 is 1.33 bits per heavy atom. The number of carbonyl (C=O) groups is 1. The zero-order valence-corrected chi connectivity index (χ0v) is 10.8. The lowest BCUT2D eigenvalue weighted by molar-refractivity contribution is -0.142. The van der Waals surface area contributed by atoms with Crippen molar-refractivity contribution in [3.8, 4) is 0 Å². The lowest BCUT2D eigenvalue weighted by Crippen LogP contribution is -2.44. The van der Waals surface area contributed by atoms with E-state index < -0.39 is 5.67 Å². The Bertz CT molecular complexity index is 210. The maximum atomic E-state index is 13.3. The summed E-state index contributed by atoms with van der Waals surface area (Å²) in [6, 6.07) is 0.183. The number of alkyl halides is 1. The smallest absolute Gasteiger partial charge is 0.259 e. The van der Waals surface area contributed by atoms with E-state index in [0.29, 0.717) is 12.5 Å². The average molecular weight is 217 g/mol. The molecule has 1 aliphatic heterocycles. The van der Waals surface area contributed by atoms with Crippen molar-refractivity contribution < 1.29 is 9.18 Å². The lowest BCUT2D eigenvalue weighted by Gasteiger charge is -2.27. The van der Waals surface area contributed by atoms with E-state index >= 15 is 0 Å². The summed E-state index contributed by atoms with van der Waals surface area (Å²) in [5, 5.41) is 0. The van der Waals surface area contributed by atoms with Crippen molar-refractivity contribution in [2.45, 2.75) is 59.7 Å². The van der Waals surface area contributed by atoms with E-state index in [0.717, 1.165) is 6.42 Å². The van der Waals surface area contributed by atoms with Gasteiger partial charge in [0.15, 0.2) is 5.67 Å². The number of hydrogen-bond acceptors (Lipinski definition) is 1. The molecule has 0 aromatic heterocycles. The summed E-state index contributed by atoms with van der Waals surface area (Å²) in [7, 11) is 0. The highest BCUT2D eigenvalue weighted by molar-refractivity contribution is 5.84. The second-order valence-electron chi connectivity index (χ2n) is 4.48. The maximum absolute atomic E-state index is 13.3. The van der Waals surface area contributed by atoms with Gasteiger partial charge in [0.1, 0.15) is 0 Å². The first-order chi connectivity index (χ1) is 6.84. The molecule has 1 rings (SSSR count). The van der Waals surface area contributed by atoms with Crippen molar-refractivity contribution in [1.29, 1.82) is 0 Å². The van der Waals surface area contributed by atoms with E-state index in [2.05, 4.69) is 6.92 Å². The van der Waals surface area contributed by atoms with Gasteiger partial charge in [0.05, 0.1) is 0 Å². The molecule has 2 atom stereocenters. The highest BCUT2D eigenvalue weighted by Gasteiger charge is 2.38. The monoisotopic (exact) mass is 217 g/mol. The molecule has 0 spiro atoms. The largest absolute Gasteiger partial charge is 0.337 e. The third-order valence-electron chi connectivity index (χ3n) is 2.91. The molecule has 2 unspecified atom stereocenters. The van der Waals surface area contributed by atoms with E-state index in [1.807, 2.05) is 20.8 Å². The number of likely N-dealkylation sites (tertiary alicyclic amines) is 1. The van der Waals surface area contributed by atoms with Gasteiger partial charge >= 0.3 is 0 Å². The molecule has 0 saturated carbocycles. The normalized spacial score (nSPS) is 25.9. The molecule has 0 bridgehead atoms. The van der Waals surface area contributed by atoms with Crippen molar-refractivity contribution in [3.63, 3.8) is 0 Å². The van der Waals surface area contributed by atoms with Crippen LogP contribution in [0.15, 0.2) is 0 Å². The van der Waals surface area contributed by atoms with E-state index in [4.69, 9.17) is 0 Å². The van der Waals surface area contributed by atoms with Crippen LogP contribution in [0.2, 0.25) is 0 Å². The Hall–Kier alpha value is -0.600. The molecule has 0 aliphatic carbocycles. The van der Waals surface area contributed by atoms with E-state index in [9.17, 15) is 9.18 Å². The van der Waals surface area contributed by atoms with Gasteiger partial charge in [0.25, 0.3) is 5.91 Å². The minimum Gasteiger partial charge on any atom is -0.337 e. The zero-order chi connectivity index (χ0) is 12.2. The molecule has 0 N–H and O–H groups in total. The minimum atomic E-state index is -1.72. The standard InChI is InChI=1S/C10H18FNO.C2H6/c1-7-5-6-12(8(7)2)9(13)10(3,4)11;1-2/h7-8H,5-6H2,1-4H3;1-2H3. The molecule has 1 heterocycles. The molecule has 3 heteroatoms. The lowest BCUT2D eigenvalue weighted by atomic mass is 10.0. The predicted molar refractivity (Wildman–Crippen MR) is 61.5 cm³/mol. The molecule has 1 amide bonds. The van der Waals surface area contributed by atoms with E-state index in [-0.39, 0.29) is 11.9 Å². The number of rotatable bonds is 1. The van der Waals surface area contributed by atoms with Crippen LogP contribution in [0.1, 0.15) is 48.0 Å². The quantitative estimate of drug-likeness (QED) is 0.661. The first kappa shape index (κ1) is 14.4. The van der Waals surface area contributed by atoms with Crippen LogP contribution in [-0.2, 0) is 4.79 Å². The molecule has 0 aromatic carbocycles. The molecular formula is C12H24FNO. The van der Waals surface area contributed by atoms with Crippen LogP contribution in [0.25, 0.3) is 0 Å². The molecule has 1 saturated heterocycles. The van der Waals surface area contributed by atoms with Crippen molar-refractivity contribution in [1.82, 2.24) is 4.90 Å². The van der Waals surface area contributed by atoms with Crippen LogP contribution in [-0.4, -0.2) is 29.1 Å². The van der Waals surface area contributed by atoms with Gasteiger partial charge in [-0.25, -0.2) is 4.39 Å². The van der Waals surface area contributed by atoms with Crippen LogP contribution < -0.4 is 0 Å². The van der Waals surface area contributed by atoms with Crippen molar-refractivity contribution in [2.24, 2.45) is 5.92 Å². The van der Waals surface area contributed by atoms with Gasteiger partial charge in [-0.05, 0) is 33.1 Å². The summed E-state index contributed by atoms with van der Waals surface area (Å²) < 4.78 is 13.3. The fraction of sp³-hybridized carbons (Fsp3) is 0.917. The Morgan fingerprint density at radius 2 is 1.80 bits per heavy atom. The van der Waals surface area contributed by atoms with Crippen LogP contribution in [0.3, 0.4) is 0 Å². The minimum absolute atomic E-state index is 0.183. The van der Waals surface area contributed by atoms with Crippen molar-refractivity contribution in [2.75, 3.05) is 6.54 Å². The van der Waals surface area contributed by atoms with Gasteiger partial charge in [-0.15, -0.1) is 0 Å². The zero-order valence-electron chi connectivity index (χ0n) is 10.8. The van der Waals surface area contributed by atoms with Gasteiger partial charge in [-0.1, -0.05) is 20.8 Å². The molecule has 15 heavy (non-hydrogen) atoms. The molecule has 2 nitrogen and oxygen atoms in total. The van der Waals surface area contributed by atoms with Crippen molar-refractivity contribution in [3.05, 3.63) is 0 Å². The van der Waals surface area contributed by atoms with Gasteiger partial charge < -0.3 is 4.90 Å². The first-order valence-electron chi connectivity index (χ1n) is 5.84. The van der Waals surface area contributed by atoms with Gasteiger partial charge in [0.2, 0.25) is 0 Å². The molecule has 1 fully saturated rings. The number of hydrogen-bond donors (Lipinski definition) is 0. The topological polar surface area (TPSA) is 20.3 Å². The summed E-state index contributed by atoms with van der Waals surface area (Å²) in [5.74, 6) is 0.121. The van der Waals surface area contributed by atoms with Gasteiger partial charge in [-0.2, -0.15) is 0 Å². The maximum Gasteiger partial charge on any atom is 0.259 e. The third kappa shape index (κ3) is 3.47. The summed E-state index contributed by atoms with van der Waals surface area (Å²) in [4.78, 5) is 13.2. The summed E-state index contributed by atoms with van der Waals surface area (Å²) in [6.07, 6.45) is 0.989. The highest BCUT2D eigenvalue weighted by Crippen LogP contribution is 2.26. The Kier molecular flexibility index (Phi) is 5.26. The molecule has 1 aliphatic rings. The molecule has 0 aromatic rings. The number of nitrogens with zero attached hydrogens (tertiary/aromatic N) is 1. The molecular weight excluding hydrogens is 193 g/mol.